The van der Waals surface area contributed by atoms with Gasteiger partial charge in [-0.15, -0.1) is 10.1 Å². The molecule has 2 fully saturated rings. The quantitative estimate of drug-likeness (QED) is 0.0573. The highest BCUT2D eigenvalue weighted by Gasteiger charge is 2.40. The second-order valence-corrected chi connectivity index (χ2v) is 12.7. The number of likely N-dealkylation sites (tertiary alicyclic amines) is 1. The van der Waals surface area contributed by atoms with E-state index in [9.17, 15) is 29.9 Å². The molecular formula is C33H59N3O7. The van der Waals surface area contributed by atoms with Crippen LogP contribution in [-0.2, 0) is 14.4 Å². The van der Waals surface area contributed by atoms with Gasteiger partial charge >= 0.3 is 0 Å². The first-order chi connectivity index (χ1) is 20.8. The van der Waals surface area contributed by atoms with Gasteiger partial charge in [0, 0.05) is 25.8 Å². The number of ketones is 1. The first-order valence-corrected chi connectivity index (χ1v) is 17.1. The molecule has 0 bridgehead atoms. The molecule has 3 N–H and O–H groups in total. The minimum atomic E-state index is -0.727. The van der Waals surface area contributed by atoms with Crippen molar-refractivity contribution in [2.75, 3.05) is 32.8 Å². The van der Waals surface area contributed by atoms with Gasteiger partial charge in [0.05, 0.1) is 18.8 Å². The molecule has 4 atom stereocenters. The molecule has 0 unspecified atom stereocenters. The monoisotopic (exact) mass is 609 g/mol. The van der Waals surface area contributed by atoms with E-state index < -0.39 is 17.3 Å². The topological polar surface area (TPSA) is 142 Å². The van der Waals surface area contributed by atoms with Crippen molar-refractivity contribution in [2.24, 2.45) is 17.8 Å². The summed E-state index contributed by atoms with van der Waals surface area (Å²) < 4.78 is 0. The SMILES string of the molecule is CCCCCCCC(=O)CC[C@@H]1[C@@H](CC=CCCCC(=O)NCCCN2CCC(CCCO[N+](=O)[O-])CC2)[C@@H](O)C[C@H]1O. The Bertz CT molecular complexity index is 816. The van der Waals surface area contributed by atoms with E-state index in [-0.39, 0.29) is 30.1 Å². The molecule has 1 saturated heterocycles. The number of rotatable bonds is 24. The average molecular weight is 610 g/mol. The van der Waals surface area contributed by atoms with Crippen LogP contribution in [0.1, 0.15) is 122 Å². The Balaban J connectivity index is 1.50. The Morgan fingerprint density at radius 3 is 2.42 bits per heavy atom. The van der Waals surface area contributed by atoms with Crippen LogP contribution < -0.4 is 5.32 Å². The zero-order valence-corrected chi connectivity index (χ0v) is 26.6. The molecule has 0 spiro atoms. The third-order valence-corrected chi connectivity index (χ3v) is 9.32. The Morgan fingerprint density at radius 2 is 1.67 bits per heavy atom. The maximum absolute atomic E-state index is 12.3. The summed E-state index contributed by atoms with van der Waals surface area (Å²) in [5.41, 5.74) is 0. The van der Waals surface area contributed by atoms with Crippen LogP contribution in [0.3, 0.4) is 0 Å². The van der Waals surface area contributed by atoms with E-state index in [2.05, 4.69) is 34.1 Å². The van der Waals surface area contributed by atoms with E-state index in [1.807, 2.05) is 0 Å². The highest BCUT2D eigenvalue weighted by molar-refractivity contribution is 5.78. The van der Waals surface area contributed by atoms with E-state index in [1.54, 1.807) is 0 Å². The second-order valence-electron chi connectivity index (χ2n) is 12.7. The van der Waals surface area contributed by atoms with Gasteiger partial charge < -0.3 is 25.3 Å². The number of unbranched alkanes of at least 4 members (excludes halogenated alkanes) is 5. The molecular weight excluding hydrogens is 550 g/mol. The third-order valence-electron chi connectivity index (χ3n) is 9.32. The maximum Gasteiger partial charge on any atom is 0.294 e. The van der Waals surface area contributed by atoms with Crippen LogP contribution in [0.25, 0.3) is 0 Å². The van der Waals surface area contributed by atoms with Gasteiger partial charge in [0.2, 0.25) is 5.91 Å². The molecule has 248 valence electrons. The first-order valence-electron chi connectivity index (χ1n) is 17.1. The fraction of sp³-hybridized carbons (Fsp3) is 0.879. The summed E-state index contributed by atoms with van der Waals surface area (Å²) in [7, 11) is 0. The number of nitrogens with one attached hydrogen (secondary N) is 1. The van der Waals surface area contributed by atoms with Crippen LogP contribution in [0.4, 0.5) is 0 Å². The lowest BCUT2D eigenvalue weighted by Gasteiger charge is -2.32. The number of nitrogens with zero attached hydrogens (tertiary/aromatic N) is 2. The van der Waals surface area contributed by atoms with Crippen LogP contribution in [0.2, 0.25) is 0 Å². The normalized spacial score (nSPS) is 23.1. The molecule has 0 aromatic rings. The van der Waals surface area contributed by atoms with E-state index in [0.29, 0.717) is 51.0 Å². The summed E-state index contributed by atoms with van der Waals surface area (Å²) in [4.78, 5) is 41.6. The van der Waals surface area contributed by atoms with E-state index in [4.69, 9.17) is 0 Å². The van der Waals surface area contributed by atoms with Gasteiger partial charge in [-0.05, 0) is 108 Å². The van der Waals surface area contributed by atoms with Gasteiger partial charge in [0.15, 0.2) is 0 Å². The molecule has 1 aliphatic carbocycles. The molecule has 1 saturated carbocycles. The standard InChI is InChI=1S/C33H59N3O7/c1-2-3-4-5-8-14-28(37)17-18-30-29(31(38)26-32(30)39)15-9-6-7-10-16-33(40)34-21-12-22-35-23-19-27(20-24-35)13-11-25-43-36(41)42/h6,9,27,29-32,38-39H,2-5,7-8,10-26H2,1H3,(H,34,40)/t29-,30-,31+,32-/m1/s1. The van der Waals surface area contributed by atoms with Gasteiger partial charge in [-0.3, -0.25) is 9.59 Å². The summed E-state index contributed by atoms with van der Waals surface area (Å²) in [5, 5.41) is 33.5. The summed E-state index contributed by atoms with van der Waals surface area (Å²) in [5.74, 6) is 0.904. The number of allylic oxidation sites excluding steroid dienone is 2. The predicted octanol–water partition coefficient (Wildman–Crippen LogP) is 5.38. The van der Waals surface area contributed by atoms with Crippen molar-refractivity contribution in [3.05, 3.63) is 22.3 Å². The Kier molecular flexibility index (Phi) is 19.4. The molecule has 43 heavy (non-hydrogen) atoms. The number of carbonyl (C=O) groups excluding carboxylic acids is 2. The van der Waals surface area contributed by atoms with Crippen molar-refractivity contribution < 1.29 is 29.7 Å². The number of carbonyl (C=O) groups is 2. The van der Waals surface area contributed by atoms with Crippen molar-refractivity contribution in [1.82, 2.24) is 10.2 Å². The smallest absolute Gasteiger partial charge is 0.294 e. The number of piperidine rings is 1. The van der Waals surface area contributed by atoms with Gasteiger partial charge in [-0.1, -0.05) is 44.8 Å². The van der Waals surface area contributed by atoms with Crippen molar-refractivity contribution in [1.29, 1.82) is 0 Å². The lowest BCUT2D eigenvalue weighted by molar-refractivity contribution is -0.757. The molecule has 1 amide bonds. The number of hydrogen-bond acceptors (Lipinski definition) is 8. The van der Waals surface area contributed by atoms with Gasteiger partial charge in [-0.2, -0.15) is 0 Å². The number of amides is 1. The Labute approximate surface area is 259 Å². The fourth-order valence-corrected chi connectivity index (χ4v) is 6.66. The lowest BCUT2D eigenvalue weighted by atomic mass is 9.86. The van der Waals surface area contributed by atoms with Crippen molar-refractivity contribution in [3.8, 4) is 0 Å². The molecule has 1 aliphatic heterocycles. The van der Waals surface area contributed by atoms with Crippen LogP contribution in [0.5, 0.6) is 0 Å². The number of aliphatic hydroxyl groups excluding tert-OH is 2. The molecule has 10 heteroatoms. The first kappa shape index (κ1) is 37.1. The average Bonchev–Trinajstić information content (AvgIpc) is 3.25. The largest absolute Gasteiger partial charge is 0.393 e. The number of aliphatic hydroxyl groups is 2. The van der Waals surface area contributed by atoms with Crippen LogP contribution in [0, 0.1) is 27.9 Å². The molecule has 1 heterocycles. The Hall–Kier alpha value is -2.04. The number of hydrogen-bond donors (Lipinski definition) is 3. The highest BCUT2D eigenvalue weighted by Crippen LogP contribution is 2.38. The number of Topliss-reactive ketones (excluding diaryl/α,β-unsaturated/α-hetero) is 1. The third kappa shape index (κ3) is 16.6. The molecule has 10 nitrogen and oxygen atoms in total. The second kappa shape index (κ2) is 22.5. The van der Waals surface area contributed by atoms with Gasteiger partial charge in [0.1, 0.15) is 5.78 Å². The fourth-order valence-electron chi connectivity index (χ4n) is 6.66. The predicted molar refractivity (Wildman–Crippen MR) is 168 cm³/mol. The Morgan fingerprint density at radius 1 is 0.930 bits per heavy atom. The summed E-state index contributed by atoms with van der Waals surface area (Å²) >= 11 is 0. The van der Waals surface area contributed by atoms with E-state index >= 15 is 0 Å². The molecule has 0 aromatic heterocycles. The maximum atomic E-state index is 12.3. The van der Waals surface area contributed by atoms with Crippen molar-refractivity contribution in [2.45, 2.75) is 135 Å². The highest BCUT2D eigenvalue weighted by atomic mass is 16.9. The molecule has 2 rings (SSSR count). The van der Waals surface area contributed by atoms with E-state index in [0.717, 1.165) is 77.4 Å². The lowest BCUT2D eigenvalue weighted by Crippen LogP contribution is -2.36. The zero-order chi connectivity index (χ0) is 31.3. The van der Waals surface area contributed by atoms with E-state index in [1.165, 1.54) is 19.3 Å². The minimum Gasteiger partial charge on any atom is -0.393 e. The zero-order valence-electron chi connectivity index (χ0n) is 26.6. The molecule has 0 aromatic carbocycles. The summed E-state index contributed by atoms with van der Waals surface area (Å²) in [6.07, 6.45) is 18.5. The summed E-state index contributed by atoms with van der Waals surface area (Å²) in [6, 6.07) is 0. The van der Waals surface area contributed by atoms with Crippen LogP contribution in [-0.4, -0.2) is 76.9 Å². The molecule has 2 aliphatic rings. The van der Waals surface area contributed by atoms with Gasteiger partial charge in [0.25, 0.3) is 5.09 Å². The van der Waals surface area contributed by atoms with Crippen LogP contribution >= 0.6 is 0 Å². The van der Waals surface area contributed by atoms with Crippen molar-refractivity contribution in [3.63, 3.8) is 0 Å². The molecule has 0 radical (unpaired) electrons. The van der Waals surface area contributed by atoms with Crippen LogP contribution in [0.15, 0.2) is 12.2 Å². The summed E-state index contributed by atoms with van der Waals surface area (Å²) in [6.45, 7) is 6.09. The minimum absolute atomic E-state index is 0.0203. The van der Waals surface area contributed by atoms with Gasteiger partial charge in [-0.25, -0.2) is 0 Å². The van der Waals surface area contributed by atoms with Crippen molar-refractivity contribution >= 4 is 11.7 Å².